The van der Waals surface area contributed by atoms with Gasteiger partial charge in [0.2, 0.25) is 5.91 Å². The van der Waals surface area contributed by atoms with Crippen LogP contribution in [0.25, 0.3) is 0 Å². The van der Waals surface area contributed by atoms with E-state index in [1.165, 1.54) is 0 Å². The fraction of sp³-hybridized carbons (Fsp3) is 0.533. The Morgan fingerprint density at radius 1 is 1.57 bits per heavy atom. The van der Waals surface area contributed by atoms with Gasteiger partial charge in [0.1, 0.15) is 5.82 Å². The summed E-state index contributed by atoms with van der Waals surface area (Å²) < 4.78 is 1.88. The van der Waals surface area contributed by atoms with Gasteiger partial charge in [0.15, 0.2) is 0 Å². The number of nitrogens with zero attached hydrogens (tertiary/aromatic N) is 3. The minimum absolute atomic E-state index is 0.0713. The third kappa shape index (κ3) is 3.32. The van der Waals surface area contributed by atoms with Crippen LogP contribution in [0.1, 0.15) is 30.1 Å². The van der Waals surface area contributed by atoms with E-state index in [0.29, 0.717) is 6.54 Å². The molecule has 1 atom stereocenters. The second-order valence-electron chi connectivity index (χ2n) is 5.60. The fourth-order valence-corrected chi connectivity index (χ4v) is 2.88. The molecule has 0 aliphatic heterocycles. The number of nitrogens with one attached hydrogen (secondary N) is 2. The highest BCUT2D eigenvalue weighted by Gasteiger charge is 2.26. The van der Waals surface area contributed by atoms with Gasteiger partial charge in [-0.25, -0.2) is 4.98 Å². The SMILES string of the molecule is Cc1nc2c([nH]1)CC(C(=O)NCCCn1cccn1)CC2. The van der Waals surface area contributed by atoms with Crippen molar-refractivity contribution in [3.8, 4) is 0 Å². The van der Waals surface area contributed by atoms with Gasteiger partial charge in [-0.1, -0.05) is 0 Å². The second kappa shape index (κ2) is 6.11. The standard InChI is InChI=1S/C15H21N5O/c1-11-18-13-5-4-12(10-14(13)19-11)15(21)16-6-2-8-20-9-3-7-17-20/h3,7,9,12H,2,4-6,8,10H2,1H3,(H,16,21)(H,18,19). The van der Waals surface area contributed by atoms with Crippen molar-refractivity contribution in [2.24, 2.45) is 5.92 Å². The van der Waals surface area contributed by atoms with E-state index in [1.807, 2.05) is 23.9 Å². The molecule has 1 unspecified atom stereocenters. The lowest BCUT2D eigenvalue weighted by Gasteiger charge is -2.20. The van der Waals surface area contributed by atoms with Gasteiger partial charge in [0.25, 0.3) is 0 Å². The van der Waals surface area contributed by atoms with Gasteiger partial charge in [-0.15, -0.1) is 0 Å². The second-order valence-corrected chi connectivity index (χ2v) is 5.60. The molecule has 1 aliphatic rings. The number of amides is 1. The Morgan fingerprint density at radius 2 is 2.48 bits per heavy atom. The summed E-state index contributed by atoms with van der Waals surface area (Å²) in [7, 11) is 0. The number of carbonyl (C=O) groups is 1. The van der Waals surface area contributed by atoms with Gasteiger partial charge < -0.3 is 10.3 Å². The molecule has 2 aromatic heterocycles. The molecule has 0 bridgehead atoms. The Balaban J connectivity index is 1.44. The third-order valence-corrected chi connectivity index (χ3v) is 3.96. The molecule has 1 aliphatic carbocycles. The van der Waals surface area contributed by atoms with E-state index in [-0.39, 0.29) is 11.8 Å². The van der Waals surface area contributed by atoms with E-state index in [0.717, 1.165) is 49.4 Å². The van der Waals surface area contributed by atoms with Crippen molar-refractivity contribution in [2.45, 2.75) is 39.2 Å². The van der Waals surface area contributed by atoms with E-state index < -0.39 is 0 Å². The molecule has 0 saturated carbocycles. The Bertz CT molecular complexity index is 602. The number of aromatic nitrogens is 4. The molecule has 0 radical (unpaired) electrons. The van der Waals surface area contributed by atoms with Gasteiger partial charge in [0.05, 0.1) is 5.69 Å². The molecule has 6 heteroatoms. The summed E-state index contributed by atoms with van der Waals surface area (Å²) >= 11 is 0. The Kier molecular flexibility index (Phi) is 4.03. The van der Waals surface area contributed by atoms with Crippen molar-refractivity contribution in [3.63, 3.8) is 0 Å². The topological polar surface area (TPSA) is 75.6 Å². The first-order valence-corrected chi connectivity index (χ1v) is 7.52. The van der Waals surface area contributed by atoms with Crippen LogP contribution in [0.5, 0.6) is 0 Å². The Labute approximate surface area is 124 Å². The van der Waals surface area contributed by atoms with Crippen LogP contribution in [0.2, 0.25) is 0 Å². The molecule has 2 aromatic rings. The predicted octanol–water partition coefficient (Wildman–Crippen LogP) is 1.23. The highest BCUT2D eigenvalue weighted by molar-refractivity contribution is 5.79. The van der Waals surface area contributed by atoms with Crippen LogP contribution in [-0.2, 0) is 24.2 Å². The summed E-state index contributed by atoms with van der Waals surface area (Å²) in [5.41, 5.74) is 2.27. The predicted molar refractivity (Wildman–Crippen MR) is 78.7 cm³/mol. The minimum atomic E-state index is 0.0713. The molecule has 112 valence electrons. The largest absolute Gasteiger partial charge is 0.356 e. The smallest absolute Gasteiger partial charge is 0.223 e. The number of aromatic amines is 1. The summed E-state index contributed by atoms with van der Waals surface area (Å²) in [5.74, 6) is 1.18. The molecule has 1 amide bonds. The number of aryl methyl sites for hydroxylation is 3. The average Bonchev–Trinajstić information content (AvgIpc) is 3.10. The van der Waals surface area contributed by atoms with Crippen LogP contribution >= 0.6 is 0 Å². The number of H-pyrrole nitrogens is 1. The highest BCUT2D eigenvalue weighted by Crippen LogP contribution is 2.23. The number of hydrogen-bond donors (Lipinski definition) is 2. The van der Waals surface area contributed by atoms with Crippen molar-refractivity contribution >= 4 is 5.91 Å². The number of carbonyl (C=O) groups excluding carboxylic acids is 1. The molecule has 0 fully saturated rings. The van der Waals surface area contributed by atoms with E-state index in [9.17, 15) is 4.79 Å². The lowest BCUT2D eigenvalue weighted by molar-refractivity contribution is -0.125. The third-order valence-electron chi connectivity index (χ3n) is 3.96. The highest BCUT2D eigenvalue weighted by atomic mass is 16.1. The Morgan fingerprint density at radius 3 is 3.29 bits per heavy atom. The maximum atomic E-state index is 12.2. The normalized spacial score (nSPS) is 17.5. The van der Waals surface area contributed by atoms with Gasteiger partial charge in [-0.2, -0.15) is 5.10 Å². The zero-order valence-electron chi connectivity index (χ0n) is 12.3. The summed E-state index contributed by atoms with van der Waals surface area (Å²) in [6, 6.07) is 1.91. The van der Waals surface area contributed by atoms with E-state index >= 15 is 0 Å². The van der Waals surface area contributed by atoms with Crippen LogP contribution in [0, 0.1) is 12.8 Å². The Hall–Kier alpha value is -2.11. The van der Waals surface area contributed by atoms with Crippen molar-refractivity contribution in [2.75, 3.05) is 6.54 Å². The van der Waals surface area contributed by atoms with Gasteiger partial charge in [-0.05, 0) is 32.3 Å². The average molecular weight is 287 g/mol. The van der Waals surface area contributed by atoms with Crippen molar-refractivity contribution in [1.82, 2.24) is 25.1 Å². The lowest BCUT2D eigenvalue weighted by Crippen LogP contribution is -2.35. The fourth-order valence-electron chi connectivity index (χ4n) is 2.88. The molecule has 0 saturated heterocycles. The van der Waals surface area contributed by atoms with Crippen LogP contribution in [0.15, 0.2) is 18.5 Å². The van der Waals surface area contributed by atoms with Crippen LogP contribution in [0.3, 0.4) is 0 Å². The number of imidazole rings is 1. The van der Waals surface area contributed by atoms with Crippen LogP contribution in [-0.4, -0.2) is 32.2 Å². The summed E-state index contributed by atoms with van der Waals surface area (Å²) in [4.78, 5) is 19.9. The first-order valence-electron chi connectivity index (χ1n) is 7.52. The van der Waals surface area contributed by atoms with Crippen molar-refractivity contribution in [3.05, 3.63) is 35.7 Å². The number of rotatable bonds is 5. The van der Waals surface area contributed by atoms with E-state index in [1.54, 1.807) is 6.20 Å². The number of fused-ring (bicyclic) bond motifs is 1. The molecule has 2 N–H and O–H groups in total. The molecule has 6 nitrogen and oxygen atoms in total. The summed E-state index contributed by atoms with van der Waals surface area (Å²) in [5, 5.41) is 7.18. The molecule has 0 spiro atoms. The zero-order chi connectivity index (χ0) is 14.7. The first kappa shape index (κ1) is 13.9. The van der Waals surface area contributed by atoms with Gasteiger partial charge in [-0.3, -0.25) is 9.48 Å². The van der Waals surface area contributed by atoms with Crippen molar-refractivity contribution in [1.29, 1.82) is 0 Å². The van der Waals surface area contributed by atoms with E-state index in [4.69, 9.17) is 0 Å². The summed E-state index contributed by atoms with van der Waals surface area (Å²) in [6.45, 7) is 3.49. The molecule has 21 heavy (non-hydrogen) atoms. The molecular weight excluding hydrogens is 266 g/mol. The van der Waals surface area contributed by atoms with Gasteiger partial charge in [0, 0.05) is 43.5 Å². The molecule has 3 rings (SSSR count). The molecular formula is C15H21N5O. The monoisotopic (exact) mass is 287 g/mol. The molecule has 0 aromatic carbocycles. The lowest BCUT2D eigenvalue weighted by atomic mass is 9.89. The minimum Gasteiger partial charge on any atom is -0.356 e. The summed E-state index contributed by atoms with van der Waals surface area (Å²) in [6.07, 6.45) is 7.17. The zero-order valence-corrected chi connectivity index (χ0v) is 12.3. The van der Waals surface area contributed by atoms with Crippen LogP contribution < -0.4 is 5.32 Å². The number of hydrogen-bond acceptors (Lipinski definition) is 3. The maximum absolute atomic E-state index is 12.2. The first-order chi connectivity index (χ1) is 10.2. The molecule has 2 heterocycles. The van der Waals surface area contributed by atoms with E-state index in [2.05, 4.69) is 20.4 Å². The van der Waals surface area contributed by atoms with Crippen LogP contribution in [0.4, 0.5) is 0 Å². The quantitative estimate of drug-likeness (QED) is 0.812. The maximum Gasteiger partial charge on any atom is 0.223 e. The van der Waals surface area contributed by atoms with Gasteiger partial charge >= 0.3 is 0 Å². The van der Waals surface area contributed by atoms with Crippen molar-refractivity contribution < 1.29 is 4.79 Å².